The van der Waals surface area contributed by atoms with Crippen LogP contribution in [0, 0.1) is 6.92 Å². The Morgan fingerprint density at radius 3 is 2.62 bits per heavy atom. The minimum absolute atomic E-state index is 0. The molecule has 0 fully saturated rings. The molecule has 0 radical (unpaired) electrons. The lowest BCUT2D eigenvalue weighted by Crippen LogP contribution is -2.39. The summed E-state index contributed by atoms with van der Waals surface area (Å²) in [5, 5.41) is 10.2. The molecule has 8 heteroatoms. The summed E-state index contributed by atoms with van der Waals surface area (Å²) >= 11 is 0. The predicted octanol–water partition coefficient (Wildman–Crippen LogP) is 1.21. The van der Waals surface area contributed by atoms with Crippen molar-refractivity contribution in [2.75, 3.05) is 20.1 Å². The fourth-order valence-corrected chi connectivity index (χ4v) is 1.77. The van der Waals surface area contributed by atoms with E-state index in [0.717, 1.165) is 19.0 Å². The van der Waals surface area contributed by atoms with Crippen LogP contribution in [0.15, 0.2) is 34.0 Å². The number of nitrogens with zero attached hydrogens (tertiary/aromatic N) is 4. The predicted molar refractivity (Wildman–Crippen MR) is 92.0 cm³/mol. The van der Waals surface area contributed by atoms with Crippen LogP contribution >= 0.6 is 24.0 Å². The molecule has 2 rings (SSSR count). The van der Waals surface area contributed by atoms with Crippen molar-refractivity contribution in [1.29, 1.82) is 0 Å². The van der Waals surface area contributed by atoms with E-state index in [4.69, 9.17) is 4.52 Å². The van der Waals surface area contributed by atoms with Crippen molar-refractivity contribution in [1.82, 2.24) is 25.3 Å². The second-order valence-electron chi connectivity index (χ2n) is 4.33. The Balaban J connectivity index is 0.00000220. The van der Waals surface area contributed by atoms with Gasteiger partial charge in [-0.25, -0.2) is 0 Å². The Hall–Kier alpha value is -1.58. The molecule has 0 spiro atoms. The van der Waals surface area contributed by atoms with Gasteiger partial charge in [-0.3, -0.25) is 4.99 Å². The second kappa shape index (κ2) is 9.37. The maximum Gasteiger partial charge on any atom is 0.228 e. The Bertz CT molecular complexity index is 537. The van der Waals surface area contributed by atoms with Crippen LogP contribution in [0.3, 0.4) is 0 Å². The van der Waals surface area contributed by atoms with Crippen molar-refractivity contribution < 1.29 is 4.52 Å². The summed E-state index contributed by atoms with van der Waals surface area (Å²) < 4.78 is 7.16. The van der Waals surface area contributed by atoms with Gasteiger partial charge in [-0.2, -0.15) is 4.98 Å². The van der Waals surface area contributed by atoms with E-state index in [-0.39, 0.29) is 24.0 Å². The van der Waals surface area contributed by atoms with Crippen molar-refractivity contribution in [3.8, 4) is 0 Å². The van der Waals surface area contributed by atoms with E-state index in [0.29, 0.717) is 24.7 Å². The molecule has 2 N–H and O–H groups in total. The summed E-state index contributed by atoms with van der Waals surface area (Å²) in [5.41, 5.74) is 0. The summed E-state index contributed by atoms with van der Waals surface area (Å²) in [6.45, 7) is 4.22. The first-order chi connectivity index (χ1) is 9.78. The standard InChI is InChI=1S/C13H20N6O.HI/c1-11-17-12(20-18-11)5-6-15-13(14-2)16-7-10-19-8-3-4-9-19;/h3-4,8-9H,5-7,10H2,1-2H3,(H2,14,15,16);1H. The van der Waals surface area contributed by atoms with Crippen LogP contribution in [0.4, 0.5) is 0 Å². The first-order valence-corrected chi connectivity index (χ1v) is 6.62. The van der Waals surface area contributed by atoms with Gasteiger partial charge in [0.1, 0.15) is 0 Å². The lowest BCUT2D eigenvalue weighted by molar-refractivity contribution is 0.374. The van der Waals surface area contributed by atoms with Gasteiger partial charge in [0.2, 0.25) is 5.89 Å². The molecule has 0 aliphatic carbocycles. The zero-order chi connectivity index (χ0) is 14.2. The first-order valence-electron chi connectivity index (χ1n) is 6.62. The minimum Gasteiger partial charge on any atom is -0.356 e. The number of halogens is 1. The highest BCUT2D eigenvalue weighted by molar-refractivity contribution is 14.0. The molecule has 0 aliphatic heterocycles. The minimum atomic E-state index is 0. The summed E-state index contributed by atoms with van der Waals surface area (Å²) in [7, 11) is 1.75. The molecular weight excluding hydrogens is 383 g/mol. The van der Waals surface area contributed by atoms with Gasteiger partial charge in [0.25, 0.3) is 0 Å². The number of rotatable bonds is 6. The second-order valence-corrected chi connectivity index (χ2v) is 4.33. The average molecular weight is 404 g/mol. The Labute approximate surface area is 141 Å². The third-order valence-corrected chi connectivity index (χ3v) is 2.75. The van der Waals surface area contributed by atoms with E-state index in [1.165, 1.54) is 0 Å². The number of aliphatic imine (C=N–C) groups is 1. The highest BCUT2D eigenvalue weighted by atomic mass is 127. The summed E-state index contributed by atoms with van der Waals surface area (Å²) in [6.07, 6.45) is 4.75. The van der Waals surface area contributed by atoms with Gasteiger partial charge in [0.15, 0.2) is 11.8 Å². The first kappa shape index (κ1) is 17.5. The number of nitrogens with one attached hydrogen (secondary N) is 2. The molecule has 0 amide bonds. The number of hydrogen-bond acceptors (Lipinski definition) is 4. The Morgan fingerprint density at radius 1 is 1.29 bits per heavy atom. The van der Waals surface area contributed by atoms with Crippen molar-refractivity contribution >= 4 is 29.9 Å². The van der Waals surface area contributed by atoms with E-state index < -0.39 is 0 Å². The van der Waals surface area contributed by atoms with Crippen molar-refractivity contribution in [3.63, 3.8) is 0 Å². The number of aryl methyl sites for hydroxylation is 1. The normalized spacial score (nSPS) is 11.0. The molecule has 0 unspecified atom stereocenters. The van der Waals surface area contributed by atoms with E-state index in [2.05, 4.69) is 30.3 Å². The fraction of sp³-hybridized carbons (Fsp3) is 0.462. The molecule has 7 nitrogen and oxygen atoms in total. The molecule has 0 saturated carbocycles. The molecule has 2 heterocycles. The number of guanidine groups is 1. The maximum absolute atomic E-state index is 5.05. The van der Waals surface area contributed by atoms with Gasteiger partial charge in [-0.15, -0.1) is 24.0 Å². The maximum atomic E-state index is 5.05. The molecule has 21 heavy (non-hydrogen) atoms. The van der Waals surface area contributed by atoms with E-state index in [1.54, 1.807) is 7.05 Å². The lowest BCUT2D eigenvalue weighted by Gasteiger charge is -2.11. The molecule has 0 aromatic carbocycles. The highest BCUT2D eigenvalue weighted by Crippen LogP contribution is 1.95. The molecule has 0 saturated heterocycles. The van der Waals surface area contributed by atoms with Crippen molar-refractivity contribution in [2.45, 2.75) is 19.9 Å². The molecule has 0 atom stereocenters. The molecule has 0 aliphatic rings. The topological polar surface area (TPSA) is 80.3 Å². The van der Waals surface area contributed by atoms with Crippen LogP contribution in [0.5, 0.6) is 0 Å². The number of aromatic nitrogens is 3. The molecular formula is C13H21IN6O. The van der Waals surface area contributed by atoms with Crippen LogP contribution < -0.4 is 10.6 Å². The van der Waals surface area contributed by atoms with E-state index in [9.17, 15) is 0 Å². The van der Waals surface area contributed by atoms with Gasteiger partial charge < -0.3 is 19.7 Å². The Morgan fingerprint density at radius 2 is 2.00 bits per heavy atom. The van der Waals surface area contributed by atoms with Gasteiger partial charge in [-0.05, 0) is 19.1 Å². The van der Waals surface area contributed by atoms with Gasteiger partial charge >= 0.3 is 0 Å². The van der Waals surface area contributed by atoms with Crippen molar-refractivity contribution in [3.05, 3.63) is 36.2 Å². The zero-order valence-corrected chi connectivity index (χ0v) is 14.6. The smallest absolute Gasteiger partial charge is 0.228 e. The number of hydrogen-bond donors (Lipinski definition) is 2. The van der Waals surface area contributed by atoms with Crippen molar-refractivity contribution in [2.24, 2.45) is 4.99 Å². The van der Waals surface area contributed by atoms with Crippen LogP contribution in [0.2, 0.25) is 0 Å². The van der Waals surface area contributed by atoms with Crippen LogP contribution in [-0.2, 0) is 13.0 Å². The highest BCUT2D eigenvalue weighted by Gasteiger charge is 2.03. The van der Waals surface area contributed by atoms with Crippen LogP contribution in [-0.4, -0.2) is 40.8 Å². The van der Waals surface area contributed by atoms with Gasteiger partial charge in [0.05, 0.1) is 0 Å². The Kier molecular flexibility index (Phi) is 7.80. The monoisotopic (exact) mass is 404 g/mol. The van der Waals surface area contributed by atoms with E-state index in [1.807, 2.05) is 31.5 Å². The third-order valence-electron chi connectivity index (χ3n) is 2.75. The summed E-state index contributed by atoms with van der Waals surface area (Å²) in [4.78, 5) is 8.31. The average Bonchev–Trinajstić information content (AvgIpc) is 3.09. The SMILES string of the molecule is CN=C(NCCc1nc(C)no1)NCCn1cccc1.I. The fourth-order valence-electron chi connectivity index (χ4n) is 1.77. The van der Waals surface area contributed by atoms with Crippen LogP contribution in [0.25, 0.3) is 0 Å². The molecule has 0 bridgehead atoms. The molecule has 2 aromatic rings. The van der Waals surface area contributed by atoms with Gasteiger partial charge in [-0.1, -0.05) is 5.16 Å². The molecule has 116 valence electrons. The summed E-state index contributed by atoms with van der Waals surface area (Å²) in [5.74, 6) is 2.07. The third kappa shape index (κ3) is 6.15. The van der Waals surface area contributed by atoms with Crippen LogP contribution in [0.1, 0.15) is 11.7 Å². The van der Waals surface area contributed by atoms with Gasteiger partial charge in [0, 0.05) is 45.5 Å². The largest absolute Gasteiger partial charge is 0.356 e. The molecule has 2 aromatic heterocycles. The van der Waals surface area contributed by atoms with E-state index >= 15 is 0 Å². The zero-order valence-electron chi connectivity index (χ0n) is 12.2. The summed E-state index contributed by atoms with van der Waals surface area (Å²) in [6, 6.07) is 4.03. The lowest BCUT2D eigenvalue weighted by atomic mass is 10.4. The quantitative estimate of drug-likeness (QED) is 0.430.